The quantitative estimate of drug-likeness (QED) is 0.706. The smallest absolute Gasteiger partial charge is 0.325 e. The highest BCUT2D eigenvalue weighted by molar-refractivity contribution is 5.90. The number of nitrogens with zero attached hydrogens (tertiary/aromatic N) is 3. The number of carboxylic acids is 2. The molecule has 1 atom stereocenters. The van der Waals surface area contributed by atoms with Gasteiger partial charge in [0.25, 0.3) is 0 Å². The lowest BCUT2D eigenvalue weighted by atomic mass is 10.0. The van der Waals surface area contributed by atoms with Gasteiger partial charge < -0.3 is 14.8 Å². The highest BCUT2D eigenvalue weighted by Gasteiger charge is 2.33. The summed E-state index contributed by atoms with van der Waals surface area (Å²) < 4.78 is 15.1. The molecule has 8 heteroatoms. The van der Waals surface area contributed by atoms with Crippen molar-refractivity contribution >= 4 is 22.8 Å². The Balaban J connectivity index is 1.95. The van der Waals surface area contributed by atoms with Gasteiger partial charge >= 0.3 is 11.9 Å². The second-order valence-corrected chi connectivity index (χ2v) is 7.28. The van der Waals surface area contributed by atoms with Crippen molar-refractivity contribution in [1.29, 1.82) is 0 Å². The molecule has 0 bridgehead atoms. The van der Waals surface area contributed by atoms with Gasteiger partial charge in [0.2, 0.25) is 0 Å². The summed E-state index contributed by atoms with van der Waals surface area (Å²) in [6.07, 6.45) is 1.53. The first-order valence-corrected chi connectivity index (χ1v) is 9.10. The minimum Gasteiger partial charge on any atom is -0.480 e. The molecular weight excluding hydrogens is 365 g/mol. The first kappa shape index (κ1) is 20.0. The average Bonchev–Trinajstić information content (AvgIpc) is 2.92. The fraction of sp³-hybridized carbons (Fsp3) is 0.400. The van der Waals surface area contributed by atoms with Crippen LogP contribution in [-0.4, -0.2) is 69.2 Å². The van der Waals surface area contributed by atoms with Crippen LogP contribution in [0.5, 0.6) is 0 Å². The van der Waals surface area contributed by atoms with E-state index in [1.807, 2.05) is 11.8 Å². The number of rotatable bonds is 7. The van der Waals surface area contributed by atoms with E-state index in [1.165, 1.54) is 29.0 Å². The van der Waals surface area contributed by atoms with Crippen LogP contribution in [0.15, 0.2) is 36.5 Å². The number of fused-ring (bicyclic) bond motifs is 1. The fourth-order valence-corrected chi connectivity index (χ4v) is 3.84. The van der Waals surface area contributed by atoms with E-state index in [-0.39, 0.29) is 6.54 Å². The van der Waals surface area contributed by atoms with Gasteiger partial charge in [-0.2, -0.15) is 0 Å². The molecule has 150 valence electrons. The zero-order valence-electron chi connectivity index (χ0n) is 15.8. The maximum absolute atomic E-state index is 13.7. The van der Waals surface area contributed by atoms with Crippen LogP contribution in [0.3, 0.4) is 0 Å². The number of carboxylic acid groups (broad SMARTS) is 2. The van der Waals surface area contributed by atoms with Crippen LogP contribution in [-0.2, 0) is 16.1 Å². The molecule has 2 heterocycles. The van der Waals surface area contributed by atoms with Crippen LogP contribution in [0.25, 0.3) is 10.9 Å². The molecule has 3 rings (SSSR count). The minimum absolute atomic E-state index is 0.362. The Bertz CT molecular complexity index is 916. The van der Waals surface area contributed by atoms with Crippen molar-refractivity contribution < 1.29 is 24.2 Å². The number of hydrogen-bond acceptors (Lipinski definition) is 4. The molecule has 1 aliphatic rings. The van der Waals surface area contributed by atoms with E-state index in [0.717, 1.165) is 25.2 Å². The number of aliphatic carboxylic acids is 2. The third kappa shape index (κ3) is 4.23. The van der Waals surface area contributed by atoms with Gasteiger partial charge in [-0.1, -0.05) is 12.2 Å². The Hall–Kier alpha value is -2.71. The molecule has 0 aliphatic carbocycles. The van der Waals surface area contributed by atoms with Crippen molar-refractivity contribution in [2.45, 2.75) is 19.5 Å². The van der Waals surface area contributed by atoms with Gasteiger partial charge in [0.05, 0.1) is 5.52 Å². The number of carbonyl (C=O) groups is 2. The lowest BCUT2D eigenvalue weighted by molar-refractivity contribution is -0.144. The number of aromatic nitrogens is 1. The molecule has 1 fully saturated rings. The molecule has 1 aromatic carbocycles. The molecule has 7 nitrogen and oxygen atoms in total. The van der Waals surface area contributed by atoms with E-state index < -0.39 is 23.8 Å². The molecule has 0 radical (unpaired) electrons. The lowest BCUT2D eigenvalue weighted by Gasteiger charge is -2.37. The standard InChI is InChI=1S/C20H24FN3O4/c1-13(2)10-22-5-7-23(8-6-22)19(20(27)28)16-11-24(12-18(25)26)17-9-14(21)3-4-15(16)17/h3-4,9,11,19H,1,5-8,10,12H2,2H3,(H,25,26)(H,27,28). The fourth-order valence-electron chi connectivity index (χ4n) is 3.84. The largest absolute Gasteiger partial charge is 0.480 e. The van der Waals surface area contributed by atoms with Gasteiger partial charge in [-0.3, -0.25) is 19.4 Å². The second-order valence-electron chi connectivity index (χ2n) is 7.28. The molecule has 2 N–H and O–H groups in total. The molecule has 0 saturated carbocycles. The SMILES string of the molecule is C=C(C)CN1CCN(C(C(=O)O)c2cn(CC(=O)O)c3cc(F)ccc23)CC1. The third-order valence-corrected chi connectivity index (χ3v) is 4.97. The average molecular weight is 389 g/mol. The van der Waals surface area contributed by atoms with Crippen molar-refractivity contribution in [3.8, 4) is 0 Å². The number of hydrogen-bond donors (Lipinski definition) is 2. The predicted molar refractivity (Wildman–Crippen MR) is 103 cm³/mol. The van der Waals surface area contributed by atoms with Gasteiger partial charge in [-0.25, -0.2) is 4.39 Å². The summed E-state index contributed by atoms with van der Waals surface area (Å²) in [6.45, 7) is 8.87. The van der Waals surface area contributed by atoms with Crippen LogP contribution in [0.2, 0.25) is 0 Å². The van der Waals surface area contributed by atoms with Crippen LogP contribution in [0, 0.1) is 5.82 Å². The zero-order valence-corrected chi connectivity index (χ0v) is 15.8. The third-order valence-electron chi connectivity index (χ3n) is 4.97. The van der Waals surface area contributed by atoms with Crippen molar-refractivity contribution in [1.82, 2.24) is 14.4 Å². The Morgan fingerprint density at radius 2 is 1.86 bits per heavy atom. The molecule has 1 aliphatic heterocycles. The summed E-state index contributed by atoms with van der Waals surface area (Å²) in [5, 5.41) is 19.6. The van der Waals surface area contributed by atoms with Crippen molar-refractivity contribution in [2.75, 3.05) is 32.7 Å². The summed E-state index contributed by atoms with van der Waals surface area (Å²) in [6, 6.07) is 3.10. The van der Waals surface area contributed by atoms with E-state index in [9.17, 15) is 19.1 Å². The molecule has 1 saturated heterocycles. The van der Waals surface area contributed by atoms with Gasteiger partial charge in [-0.05, 0) is 25.1 Å². The Labute approximate surface area is 162 Å². The first-order chi connectivity index (χ1) is 13.3. The van der Waals surface area contributed by atoms with Crippen molar-refractivity contribution in [2.24, 2.45) is 0 Å². The summed E-state index contributed by atoms with van der Waals surface area (Å²) >= 11 is 0. The molecule has 28 heavy (non-hydrogen) atoms. The normalized spacial score (nSPS) is 16.9. The van der Waals surface area contributed by atoms with Gasteiger partial charge in [0, 0.05) is 49.9 Å². The van der Waals surface area contributed by atoms with E-state index in [0.29, 0.717) is 29.6 Å². The van der Waals surface area contributed by atoms with Crippen LogP contribution in [0.4, 0.5) is 4.39 Å². The Morgan fingerprint density at radius 3 is 2.43 bits per heavy atom. The van der Waals surface area contributed by atoms with Gasteiger partial charge in [0.1, 0.15) is 18.4 Å². The van der Waals surface area contributed by atoms with E-state index in [4.69, 9.17) is 5.11 Å². The topological polar surface area (TPSA) is 86.0 Å². The molecule has 0 amide bonds. The molecule has 2 aromatic rings. The zero-order chi connectivity index (χ0) is 20.4. The number of halogens is 1. The van der Waals surface area contributed by atoms with E-state index in [1.54, 1.807) is 0 Å². The summed E-state index contributed by atoms with van der Waals surface area (Å²) in [5.41, 5.74) is 1.92. The lowest BCUT2D eigenvalue weighted by Crippen LogP contribution is -2.49. The minimum atomic E-state index is -1.08. The molecule has 1 aromatic heterocycles. The first-order valence-electron chi connectivity index (χ1n) is 9.10. The highest BCUT2D eigenvalue weighted by Crippen LogP contribution is 2.32. The van der Waals surface area contributed by atoms with Gasteiger partial charge in [-0.15, -0.1) is 0 Å². The molecule has 0 spiro atoms. The molecular formula is C20H24FN3O4. The van der Waals surface area contributed by atoms with Gasteiger partial charge in [0.15, 0.2) is 0 Å². The van der Waals surface area contributed by atoms with E-state index in [2.05, 4.69) is 11.5 Å². The Morgan fingerprint density at radius 1 is 1.18 bits per heavy atom. The van der Waals surface area contributed by atoms with Crippen LogP contribution >= 0.6 is 0 Å². The number of benzene rings is 1. The number of piperazine rings is 1. The monoisotopic (exact) mass is 389 g/mol. The molecule has 1 unspecified atom stereocenters. The predicted octanol–water partition coefficient (Wildman–Crippen LogP) is 2.18. The Kier molecular flexibility index (Phi) is 5.81. The van der Waals surface area contributed by atoms with Crippen molar-refractivity contribution in [3.63, 3.8) is 0 Å². The van der Waals surface area contributed by atoms with E-state index >= 15 is 0 Å². The maximum atomic E-state index is 13.7. The highest BCUT2D eigenvalue weighted by atomic mass is 19.1. The summed E-state index contributed by atoms with van der Waals surface area (Å²) in [4.78, 5) is 27.4. The van der Waals surface area contributed by atoms with Crippen LogP contribution in [0.1, 0.15) is 18.5 Å². The second kappa shape index (κ2) is 8.12. The van der Waals surface area contributed by atoms with Crippen molar-refractivity contribution in [3.05, 3.63) is 47.9 Å². The summed E-state index contributed by atoms with van der Waals surface area (Å²) in [5.74, 6) is -2.58. The summed E-state index contributed by atoms with van der Waals surface area (Å²) in [7, 11) is 0. The maximum Gasteiger partial charge on any atom is 0.325 e. The van der Waals surface area contributed by atoms with Crippen LogP contribution < -0.4 is 0 Å².